The molecule has 0 spiro atoms. The van der Waals surface area contributed by atoms with Crippen LogP contribution in [0.4, 0.5) is 4.39 Å². The summed E-state index contributed by atoms with van der Waals surface area (Å²) in [4.78, 5) is 17.4. The number of nitrogens with one attached hydrogen (secondary N) is 1. The molecule has 27 heavy (non-hydrogen) atoms. The first-order valence-electron chi connectivity index (χ1n) is 9.27. The standard InChI is InChI=1S/C22H22FN3O/c1-26-13-12-24-21(26)20(16-8-10-19(23)11-9-16)25-22(27)18-7-6-15-4-2-3-5-17(15)14-18/h6-14,20H,2-5H2,1H3,(H,25,27). The van der Waals surface area contributed by atoms with Crippen molar-refractivity contribution >= 4 is 5.91 Å². The van der Waals surface area contributed by atoms with Crippen LogP contribution in [0.1, 0.15) is 51.8 Å². The van der Waals surface area contributed by atoms with Gasteiger partial charge in [0, 0.05) is 25.0 Å². The van der Waals surface area contributed by atoms with Crippen LogP contribution in [0.3, 0.4) is 0 Å². The van der Waals surface area contributed by atoms with E-state index < -0.39 is 6.04 Å². The fourth-order valence-electron chi connectivity index (χ4n) is 3.70. The number of carbonyl (C=O) groups excluding carboxylic acids is 1. The molecule has 1 aliphatic rings. The number of aromatic nitrogens is 2. The molecular weight excluding hydrogens is 341 g/mol. The quantitative estimate of drug-likeness (QED) is 0.763. The molecular formula is C22H22FN3O. The van der Waals surface area contributed by atoms with Crippen LogP contribution in [0.5, 0.6) is 0 Å². The van der Waals surface area contributed by atoms with Gasteiger partial charge in [0.05, 0.1) is 0 Å². The third-order valence-electron chi connectivity index (χ3n) is 5.21. The monoisotopic (exact) mass is 363 g/mol. The van der Waals surface area contributed by atoms with Crippen LogP contribution in [-0.2, 0) is 19.9 Å². The van der Waals surface area contributed by atoms with Crippen LogP contribution in [0, 0.1) is 5.82 Å². The number of carbonyl (C=O) groups is 1. The Labute approximate surface area is 158 Å². The minimum atomic E-state index is -0.450. The number of imidazole rings is 1. The van der Waals surface area contributed by atoms with Crippen LogP contribution in [0.15, 0.2) is 54.9 Å². The second-order valence-corrected chi connectivity index (χ2v) is 7.04. The molecule has 0 radical (unpaired) electrons. The lowest BCUT2D eigenvalue weighted by Gasteiger charge is -2.20. The van der Waals surface area contributed by atoms with E-state index in [0.29, 0.717) is 11.4 Å². The first-order valence-corrected chi connectivity index (χ1v) is 9.27. The zero-order valence-electron chi connectivity index (χ0n) is 15.3. The molecule has 4 rings (SSSR count). The van der Waals surface area contributed by atoms with Crippen molar-refractivity contribution in [2.24, 2.45) is 7.05 Å². The summed E-state index contributed by atoms with van der Waals surface area (Å²) in [6.45, 7) is 0. The van der Waals surface area contributed by atoms with E-state index in [1.165, 1.54) is 36.1 Å². The molecule has 1 unspecified atom stereocenters. The summed E-state index contributed by atoms with van der Waals surface area (Å²) in [5.74, 6) is 0.243. The Morgan fingerprint density at radius 2 is 1.85 bits per heavy atom. The van der Waals surface area contributed by atoms with Gasteiger partial charge in [-0.15, -0.1) is 0 Å². The smallest absolute Gasteiger partial charge is 0.252 e. The lowest BCUT2D eigenvalue weighted by Crippen LogP contribution is -2.31. The number of aryl methyl sites for hydroxylation is 3. The van der Waals surface area contributed by atoms with Crippen molar-refractivity contribution in [2.45, 2.75) is 31.7 Å². The number of amides is 1. The van der Waals surface area contributed by atoms with Gasteiger partial charge in [-0.25, -0.2) is 9.37 Å². The van der Waals surface area contributed by atoms with Gasteiger partial charge in [0.1, 0.15) is 17.7 Å². The number of benzene rings is 2. The van der Waals surface area contributed by atoms with E-state index >= 15 is 0 Å². The van der Waals surface area contributed by atoms with Crippen molar-refractivity contribution in [3.8, 4) is 0 Å². The molecule has 2 aromatic carbocycles. The molecule has 0 bridgehead atoms. The largest absolute Gasteiger partial charge is 0.338 e. The van der Waals surface area contributed by atoms with Crippen LogP contribution in [0.2, 0.25) is 0 Å². The van der Waals surface area contributed by atoms with E-state index in [-0.39, 0.29) is 11.7 Å². The second kappa shape index (κ2) is 7.35. The molecule has 5 heteroatoms. The van der Waals surface area contributed by atoms with E-state index in [2.05, 4.69) is 16.4 Å². The lowest BCUT2D eigenvalue weighted by molar-refractivity contribution is 0.0941. The summed E-state index contributed by atoms with van der Waals surface area (Å²) in [5.41, 5.74) is 4.05. The molecule has 3 aromatic rings. The van der Waals surface area contributed by atoms with Gasteiger partial charge in [-0.3, -0.25) is 4.79 Å². The van der Waals surface area contributed by atoms with Gasteiger partial charge in [-0.1, -0.05) is 18.2 Å². The number of hydrogen-bond acceptors (Lipinski definition) is 2. The molecule has 0 saturated heterocycles. The molecule has 1 N–H and O–H groups in total. The SMILES string of the molecule is Cn1ccnc1C(NC(=O)c1ccc2c(c1)CCCC2)c1ccc(F)cc1. The summed E-state index contributed by atoms with van der Waals surface area (Å²) in [6, 6.07) is 11.7. The maximum absolute atomic E-state index is 13.4. The fourth-order valence-corrected chi connectivity index (χ4v) is 3.70. The summed E-state index contributed by atoms with van der Waals surface area (Å²) in [5, 5.41) is 3.07. The van der Waals surface area contributed by atoms with E-state index in [0.717, 1.165) is 18.4 Å². The Hall–Kier alpha value is -2.95. The Morgan fingerprint density at radius 3 is 2.56 bits per heavy atom. The van der Waals surface area contributed by atoms with Crippen LogP contribution in [0.25, 0.3) is 0 Å². The Bertz CT molecular complexity index is 962. The highest BCUT2D eigenvalue weighted by Crippen LogP contribution is 2.24. The minimum absolute atomic E-state index is 0.152. The van der Waals surface area contributed by atoms with E-state index in [4.69, 9.17) is 0 Å². The maximum atomic E-state index is 13.4. The van der Waals surface area contributed by atoms with Gasteiger partial charge in [0.2, 0.25) is 0 Å². The normalized spacial score (nSPS) is 14.4. The number of hydrogen-bond donors (Lipinski definition) is 1. The third-order valence-corrected chi connectivity index (χ3v) is 5.21. The van der Waals surface area contributed by atoms with Gasteiger partial charge >= 0.3 is 0 Å². The lowest BCUT2D eigenvalue weighted by atomic mass is 9.90. The highest BCUT2D eigenvalue weighted by molar-refractivity contribution is 5.95. The van der Waals surface area contributed by atoms with Gasteiger partial charge in [0.15, 0.2) is 0 Å². The average molecular weight is 363 g/mol. The van der Waals surface area contributed by atoms with Gasteiger partial charge in [-0.05, 0) is 66.6 Å². The molecule has 1 heterocycles. The molecule has 4 nitrogen and oxygen atoms in total. The van der Waals surface area contributed by atoms with Crippen molar-refractivity contribution in [1.82, 2.24) is 14.9 Å². The van der Waals surface area contributed by atoms with E-state index in [1.807, 2.05) is 29.9 Å². The van der Waals surface area contributed by atoms with Crippen molar-refractivity contribution in [1.29, 1.82) is 0 Å². The van der Waals surface area contributed by atoms with Crippen molar-refractivity contribution < 1.29 is 9.18 Å². The summed E-state index contributed by atoms with van der Waals surface area (Å²) < 4.78 is 15.2. The predicted molar refractivity (Wildman–Crippen MR) is 102 cm³/mol. The Kier molecular flexibility index (Phi) is 4.75. The summed E-state index contributed by atoms with van der Waals surface area (Å²) in [6.07, 6.45) is 8.02. The molecule has 0 fully saturated rings. The van der Waals surface area contributed by atoms with Gasteiger partial charge in [-0.2, -0.15) is 0 Å². The maximum Gasteiger partial charge on any atom is 0.252 e. The molecule has 0 saturated carbocycles. The Balaban J connectivity index is 1.64. The van der Waals surface area contributed by atoms with Crippen molar-refractivity contribution in [3.63, 3.8) is 0 Å². The number of halogens is 1. The van der Waals surface area contributed by atoms with E-state index in [9.17, 15) is 9.18 Å². The zero-order chi connectivity index (χ0) is 18.8. The van der Waals surface area contributed by atoms with Crippen LogP contribution in [-0.4, -0.2) is 15.5 Å². The summed E-state index contributed by atoms with van der Waals surface area (Å²) >= 11 is 0. The first kappa shape index (κ1) is 17.5. The fraction of sp³-hybridized carbons (Fsp3) is 0.273. The van der Waals surface area contributed by atoms with Crippen molar-refractivity contribution in [2.75, 3.05) is 0 Å². The highest BCUT2D eigenvalue weighted by atomic mass is 19.1. The van der Waals surface area contributed by atoms with Gasteiger partial charge < -0.3 is 9.88 Å². The van der Waals surface area contributed by atoms with Gasteiger partial charge in [0.25, 0.3) is 5.91 Å². The Morgan fingerprint density at radius 1 is 1.11 bits per heavy atom. The van der Waals surface area contributed by atoms with Crippen LogP contribution >= 0.6 is 0 Å². The predicted octanol–water partition coefficient (Wildman–Crippen LogP) is 3.96. The topological polar surface area (TPSA) is 46.9 Å². The molecule has 1 atom stereocenters. The summed E-state index contributed by atoms with van der Waals surface area (Å²) in [7, 11) is 1.88. The number of fused-ring (bicyclic) bond motifs is 1. The molecule has 1 amide bonds. The first-order chi connectivity index (χ1) is 13.1. The number of rotatable bonds is 4. The zero-order valence-corrected chi connectivity index (χ0v) is 15.3. The molecule has 138 valence electrons. The van der Waals surface area contributed by atoms with E-state index in [1.54, 1.807) is 18.3 Å². The van der Waals surface area contributed by atoms with Crippen LogP contribution < -0.4 is 5.32 Å². The molecule has 1 aromatic heterocycles. The third kappa shape index (κ3) is 3.63. The molecule has 1 aliphatic carbocycles. The van der Waals surface area contributed by atoms with Crippen molar-refractivity contribution in [3.05, 3.63) is 88.8 Å². The minimum Gasteiger partial charge on any atom is -0.338 e. The average Bonchev–Trinajstić information content (AvgIpc) is 3.12. The highest BCUT2D eigenvalue weighted by Gasteiger charge is 2.22. The molecule has 0 aliphatic heterocycles. The second-order valence-electron chi connectivity index (χ2n) is 7.04. The number of nitrogens with zero attached hydrogens (tertiary/aromatic N) is 2.